The van der Waals surface area contributed by atoms with Gasteiger partial charge in [0.15, 0.2) is 0 Å². The fourth-order valence-corrected chi connectivity index (χ4v) is 6.73. The maximum absolute atomic E-state index is 14.4. The molecule has 0 amide bonds. The number of ether oxygens (including phenoxy) is 2. The van der Waals surface area contributed by atoms with E-state index >= 15 is 0 Å². The Bertz CT molecular complexity index is 1550. The van der Waals surface area contributed by atoms with Gasteiger partial charge in [0.2, 0.25) is 0 Å². The van der Waals surface area contributed by atoms with Gasteiger partial charge < -0.3 is 19.7 Å². The van der Waals surface area contributed by atoms with Crippen LogP contribution in [0.5, 0.6) is 17.2 Å². The zero-order valence-electron chi connectivity index (χ0n) is 35.7. The molecule has 3 aromatic carbocycles. The number of unbranched alkanes of at least 4 members (excludes halogenated alkanes) is 2. The molecular weight excluding hydrogens is 662 g/mol. The average molecular weight is 732 g/mol. The molecule has 0 fully saturated rings. The SMILES string of the molecule is CCCCOc1c(C(C)(C)C)cc(C(O)(c2cc(C(C)(C)C)c(OCCCC)c(C(C)(C)C)c2)C(CC)N=Cc2cc(F)ccc2O)cc1C(C)(C)C. The lowest BCUT2D eigenvalue weighted by Gasteiger charge is -2.40. The fraction of sp³-hybridized carbons (Fsp3) is 0.596. The second kappa shape index (κ2) is 17.0. The smallest absolute Gasteiger partial charge is 0.137 e. The fourth-order valence-electron chi connectivity index (χ4n) is 6.73. The number of hydrogen-bond donors (Lipinski definition) is 2. The molecule has 0 aliphatic rings. The van der Waals surface area contributed by atoms with Crippen molar-refractivity contribution in [3.8, 4) is 17.2 Å². The van der Waals surface area contributed by atoms with E-state index in [0.29, 0.717) is 30.8 Å². The predicted molar refractivity (Wildman–Crippen MR) is 221 cm³/mol. The first kappa shape index (κ1) is 44.0. The van der Waals surface area contributed by atoms with Crippen molar-refractivity contribution in [3.05, 3.63) is 87.2 Å². The number of phenols is 1. The van der Waals surface area contributed by atoms with Crippen molar-refractivity contribution in [2.24, 2.45) is 4.99 Å². The third kappa shape index (κ3) is 10.4. The van der Waals surface area contributed by atoms with Gasteiger partial charge in [-0.15, -0.1) is 0 Å². The molecule has 0 radical (unpaired) electrons. The molecule has 3 aromatic rings. The number of aliphatic hydroxyl groups is 1. The van der Waals surface area contributed by atoms with E-state index in [-0.39, 0.29) is 33.0 Å². The lowest BCUT2D eigenvalue weighted by atomic mass is 9.70. The summed E-state index contributed by atoms with van der Waals surface area (Å²) in [5.74, 6) is 1.19. The van der Waals surface area contributed by atoms with Crippen molar-refractivity contribution in [3.63, 3.8) is 0 Å². The molecule has 0 aromatic heterocycles. The van der Waals surface area contributed by atoms with E-state index in [1.807, 2.05) is 6.92 Å². The van der Waals surface area contributed by atoms with Crippen LogP contribution < -0.4 is 9.47 Å². The van der Waals surface area contributed by atoms with Crippen molar-refractivity contribution in [1.29, 1.82) is 0 Å². The van der Waals surface area contributed by atoms with E-state index < -0.39 is 17.5 Å². The Kier molecular flexibility index (Phi) is 14.1. The zero-order valence-corrected chi connectivity index (χ0v) is 35.7. The summed E-state index contributed by atoms with van der Waals surface area (Å²) in [7, 11) is 0. The molecule has 0 bridgehead atoms. The molecular formula is C47H70FNO4. The van der Waals surface area contributed by atoms with Crippen molar-refractivity contribution < 1.29 is 24.1 Å². The molecule has 0 aliphatic carbocycles. The van der Waals surface area contributed by atoms with Crippen LogP contribution in [0.25, 0.3) is 0 Å². The van der Waals surface area contributed by atoms with E-state index in [4.69, 9.17) is 14.5 Å². The van der Waals surface area contributed by atoms with Gasteiger partial charge in [-0.1, -0.05) is 117 Å². The van der Waals surface area contributed by atoms with Crippen LogP contribution in [-0.4, -0.2) is 35.7 Å². The second-order valence-electron chi connectivity index (χ2n) is 18.9. The standard InChI is InChI=1S/C47H70FNO4/c1-16-19-23-52-41-35(43(4,5)6)26-32(27-36(41)44(7,8)9)47(51,40(18-3)49-30-31-25-34(48)21-22-39(31)50)33-28-37(45(10,11)12)42(53-24-20-17-2)38(29-33)46(13,14)15/h21-22,25-30,40,50-51H,16-20,23-24H2,1-15H3. The molecule has 0 aliphatic heterocycles. The molecule has 53 heavy (non-hydrogen) atoms. The first-order chi connectivity index (χ1) is 24.4. The highest BCUT2D eigenvalue weighted by molar-refractivity contribution is 5.83. The Morgan fingerprint density at radius 3 is 1.34 bits per heavy atom. The van der Waals surface area contributed by atoms with Crippen molar-refractivity contribution >= 4 is 6.21 Å². The number of phenolic OH excluding ortho intramolecular Hbond substituents is 1. The van der Waals surface area contributed by atoms with Crippen LogP contribution in [0.2, 0.25) is 0 Å². The number of halogens is 1. The van der Waals surface area contributed by atoms with Crippen LogP contribution in [-0.2, 0) is 27.3 Å². The monoisotopic (exact) mass is 732 g/mol. The summed E-state index contributed by atoms with van der Waals surface area (Å²) in [6.07, 6.45) is 5.88. The minimum atomic E-state index is -1.65. The highest BCUT2D eigenvalue weighted by atomic mass is 19.1. The number of rotatable bonds is 14. The highest BCUT2D eigenvalue weighted by Gasteiger charge is 2.44. The predicted octanol–water partition coefficient (Wildman–Crippen LogP) is 12.2. The number of benzene rings is 3. The van der Waals surface area contributed by atoms with Gasteiger partial charge in [0.25, 0.3) is 0 Å². The summed E-state index contributed by atoms with van der Waals surface area (Å²) in [6, 6.07) is 11.6. The van der Waals surface area contributed by atoms with Crippen LogP contribution >= 0.6 is 0 Å². The first-order valence-corrected chi connectivity index (χ1v) is 19.8. The van der Waals surface area contributed by atoms with Crippen LogP contribution in [0.3, 0.4) is 0 Å². The summed E-state index contributed by atoms with van der Waals surface area (Å²) < 4.78 is 27.7. The quantitative estimate of drug-likeness (QED) is 0.128. The third-order valence-corrected chi connectivity index (χ3v) is 10.0. The Hall–Kier alpha value is -3.38. The van der Waals surface area contributed by atoms with Crippen LogP contribution in [0.15, 0.2) is 47.5 Å². The third-order valence-electron chi connectivity index (χ3n) is 10.0. The average Bonchev–Trinajstić information content (AvgIpc) is 3.04. The van der Waals surface area contributed by atoms with Crippen molar-refractivity contribution in [2.45, 2.75) is 169 Å². The van der Waals surface area contributed by atoms with Gasteiger partial charge >= 0.3 is 0 Å². The van der Waals surface area contributed by atoms with Gasteiger partial charge in [0.1, 0.15) is 28.7 Å². The lowest BCUT2D eigenvalue weighted by Crippen LogP contribution is -2.41. The molecule has 6 heteroatoms. The molecule has 1 atom stereocenters. The Morgan fingerprint density at radius 2 is 1.02 bits per heavy atom. The van der Waals surface area contributed by atoms with E-state index in [0.717, 1.165) is 59.4 Å². The van der Waals surface area contributed by atoms with Crippen molar-refractivity contribution in [2.75, 3.05) is 13.2 Å². The molecule has 2 N–H and O–H groups in total. The first-order valence-electron chi connectivity index (χ1n) is 19.8. The minimum Gasteiger partial charge on any atom is -0.507 e. The van der Waals surface area contributed by atoms with Gasteiger partial charge in [0, 0.05) is 34.0 Å². The Balaban J connectivity index is 2.61. The van der Waals surface area contributed by atoms with Gasteiger partial charge in [-0.05, 0) is 94.5 Å². The van der Waals surface area contributed by atoms with Gasteiger partial charge in [-0.3, -0.25) is 4.99 Å². The maximum atomic E-state index is 14.4. The molecule has 3 rings (SSSR count). The van der Waals surface area contributed by atoms with E-state index in [1.165, 1.54) is 24.4 Å². The molecule has 0 heterocycles. The highest BCUT2D eigenvalue weighted by Crippen LogP contribution is 2.49. The zero-order chi connectivity index (χ0) is 40.2. The summed E-state index contributed by atoms with van der Waals surface area (Å²) in [6.45, 7) is 33.8. The second-order valence-corrected chi connectivity index (χ2v) is 18.9. The minimum absolute atomic E-state index is 0.0780. The summed E-state index contributed by atoms with van der Waals surface area (Å²) in [5.41, 5.74) is 2.81. The molecule has 0 spiro atoms. The van der Waals surface area contributed by atoms with Gasteiger partial charge in [-0.2, -0.15) is 0 Å². The summed E-state index contributed by atoms with van der Waals surface area (Å²) in [4.78, 5) is 5.01. The van der Waals surface area contributed by atoms with E-state index in [1.54, 1.807) is 0 Å². The molecule has 1 unspecified atom stereocenters. The Labute approximate surface area is 321 Å². The lowest BCUT2D eigenvalue weighted by molar-refractivity contribution is 0.0507. The number of aromatic hydroxyl groups is 1. The van der Waals surface area contributed by atoms with Gasteiger partial charge in [-0.25, -0.2) is 4.39 Å². The number of nitrogens with zero attached hydrogens (tertiary/aromatic N) is 1. The maximum Gasteiger partial charge on any atom is 0.137 e. The van der Waals surface area contributed by atoms with E-state index in [2.05, 4.69) is 121 Å². The van der Waals surface area contributed by atoms with Crippen LogP contribution in [0.4, 0.5) is 4.39 Å². The van der Waals surface area contributed by atoms with Crippen LogP contribution in [0, 0.1) is 5.82 Å². The molecule has 0 saturated heterocycles. The largest absolute Gasteiger partial charge is 0.507 e. The number of hydrogen-bond acceptors (Lipinski definition) is 5. The van der Waals surface area contributed by atoms with Crippen LogP contribution in [0.1, 0.15) is 175 Å². The molecule has 294 valence electrons. The van der Waals surface area contributed by atoms with Crippen molar-refractivity contribution in [1.82, 2.24) is 0 Å². The number of aliphatic imine (C=N–C) groups is 1. The van der Waals surface area contributed by atoms with Gasteiger partial charge in [0.05, 0.1) is 19.3 Å². The van der Waals surface area contributed by atoms with E-state index in [9.17, 15) is 14.6 Å². The molecule has 5 nitrogen and oxygen atoms in total. The molecule has 0 saturated carbocycles. The topological polar surface area (TPSA) is 71.3 Å². The Morgan fingerprint density at radius 1 is 0.642 bits per heavy atom. The normalized spacial score (nSPS) is 13.8. The summed E-state index contributed by atoms with van der Waals surface area (Å²) in [5, 5.41) is 24.5. The summed E-state index contributed by atoms with van der Waals surface area (Å²) >= 11 is 0.